The number of hydrogen-bond donors (Lipinski definition) is 0. The van der Waals surface area contributed by atoms with Gasteiger partial charge in [0.25, 0.3) is 5.91 Å². The Bertz CT molecular complexity index is 1030. The van der Waals surface area contributed by atoms with E-state index in [9.17, 15) is 9.59 Å². The van der Waals surface area contributed by atoms with Crippen molar-refractivity contribution in [1.82, 2.24) is 0 Å². The monoisotopic (exact) mass is 377 g/mol. The highest BCUT2D eigenvalue weighted by molar-refractivity contribution is 6.23. The highest BCUT2D eigenvalue weighted by Crippen LogP contribution is 2.37. The molecule has 0 saturated carbocycles. The van der Waals surface area contributed by atoms with Crippen molar-refractivity contribution in [2.24, 2.45) is 0 Å². The normalized spacial score (nSPS) is 16.9. The minimum Gasteiger partial charge on any atom is -0.465 e. The molecule has 4 rings (SSSR count). The summed E-state index contributed by atoms with van der Waals surface area (Å²) in [6, 6.07) is 12.9. The number of ether oxygens (including phenoxy) is 3. The maximum atomic E-state index is 13.2. The maximum Gasteiger partial charge on any atom is 0.340 e. The molecule has 0 N–H and O–H groups in total. The molecular formula is C22H19NO5. The van der Waals surface area contributed by atoms with Gasteiger partial charge in [-0.15, -0.1) is 0 Å². The Balaban J connectivity index is 1.80. The molecule has 0 fully saturated rings. The van der Waals surface area contributed by atoms with Crippen LogP contribution in [0.4, 0.5) is 5.69 Å². The highest BCUT2D eigenvalue weighted by Gasteiger charge is 2.37. The molecule has 2 aliphatic heterocycles. The molecule has 0 saturated heterocycles. The average Bonchev–Trinajstić information content (AvgIpc) is 3.25. The molecule has 2 aliphatic rings. The van der Waals surface area contributed by atoms with Crippen LogP contribution in [0, 0.1) is 6.92 Å². The Morgan fingerprint density at radius 1 is 1.07 bits per heavy atom. The number of aryl methyl sites for hydroxylation is 1. The summed E-state index contributed by atoms with van der Waals surface area (Å²) in [7, 11) is 1.31. The molecule has 6 nitrogen and oxygen atoms in total. The van der Waals surface area contributed by atoms with E-state index in [2.05, 4.69) is 0 Å². The molecular weight excluding hydrogens is 358 g/mol. The van der Waals surface area contributed by atoms with Crippen LogP contribution in [0.25, 0.3) is 6.08 Å². The smallest absolute Gasteiger partial charge is 0.340 e. The molecule has 0 spiro atoms. The van der Waals surface area contributed by atoms with E-state index in [1.54, 1.807) is 25.1 Å². The van der Waals surface area contributed by atoms with Crippen molar-refractivity contribution in [3.05, 3.63) is 70.4 Å². The number of rotatable bonds is 3. The Morgan fingerprint density at radius 3 is 2.50 bits per heavy atom. The number of anilines is 1. The van der Waals surface area contributed by atoms with Crippen LogP contribution in [-0.4, -0.2) is 25.8 Å². The summed E-state index contributed by atoms with van der Waals surface area (Å²) in [5, 5.41) is 0. The number of fused-ring (bicyclic) bond motifs is 1. The minimum atomic E-state index is -0.549. The van der Waals surface area contributed by atoms with Gasteiger partial charge in [-0.2, -0.15) is 0 Å². The first kappa shape index (κ1) is 17.9. The van der Waals surface area contributed by atoms with Crippen LogP contribution in [0.3, 0.4) is 0 Å². The summed E-state index contributed by atoms with van der Waals surface area (Å²) in [6.45, 7) is 3.88. The molecule has 0 aromatic heterocycles. The first-order valence-corrected chi connectivity index (χ1v) is 8.81. The van der Waals surface area contributed by atoms with Gasteiger partial charge in [-0.3, -0.25) is 9.69 Å². The van der Waals surface area contributed by atoms with Crippen molar-refractivity contribution in [1.29, 1.82) is 0 Å². The molecule has 2 heterocycles. The van der Waals surface area contributed by atoms with Gasteiger partial charge in [0.15, 0.2) is 11.5 Å². The lowest BCUT2D eigenvalue weighted by molar-refractivity contribution is -0.136. The summed E-state index contributed by atoms with van der Waals surface area (Å²) in [5.74, 6) is 0.434. The van der Waals surface area contributed by atoms with Crippen molar-refractivity contribution in [2.75, 3.05) is 18.8 Å². The molecule has 6 heteroatoms. The molecule has 0 bridgehead atoms. The summed E-state index contributed by atoms with van der Waals surface area (Å²) in [4.78, 5) is 27.2. The third kappa shape index (κ3) is 2.93. The standard InChI is InChI=1S/C22H19NO5/c1-13-4-7-16(8-5-13)23-14(2)20(22(25)26-3)17(21(23)24)10-15-6-9-18-19(11-15)28-12-27-18/h4-11H,12H2,1-3H3/b17-10+. The Hall–Kier alpha value is -3.54. The van der Waals surface area contributed by atoms with Crippen LogP contribution in [0.2, 0.25) is 0 Å². The van der Waals surface area contributed by atoms with Crippen LogP contribution in [0.15, 0.2) is 59.3 Å². The summed E-state index contributed by atoms with van der Waals surface area (Å²) in [6.07, 6.45) is 1.67. The number of methoxy groups -OCH3 is 1. The number of hydrogen-bond acceptors (Lipinski definition) is 5. The number of nitrogens with zero attached hydrogens (tertiary/aromatic N) is 1. The van der Waals surface area contributed by atoms with E-state index in [1.165, 1.54) is 12.0 Å². The van der Waals surface area contributed by atoms with Crippen LogP contribution in [0.5, 0.6) is 11.5 Å². The van der Waals surface area contributed by atoms with Gasteiger partial charge in [0, 0.05) is 11.4 Å². The predicted octanol–water partition coefficient (Wildman–Crippen LogP) is 3.60. The van der Waals surface area contributed by atoms with Crippen molar-refractivity contribution in [3.63, 3.8) is 0 Å². The minimum absolute atomic E-state index is 0.169. The second kappa shape index (κ2) is 6.88. The molecule has 0 aliphatic carbocycles. The molecule has 2 aromatic rings. The van der Waals surface area contributed by atoms with Gasteiger partial charge in [0.1, 0.15) is 0 Å². The molecule has 1 amide bonds. The summed E-state index contributed by atoms with van der Waals surface area (Å²) < 4.78 is 15.7. The van der Waals surface area contributed by atoms with E-state index in [0.29, 0.717) is 22.9 Å². The van der Waals surface area contributed by atoms with E-state index in [4.69, 9.17) is 14.2 Å². The Labute approximate surface area is 162 Å². The first-order chi connectivity index (χ1) is 13.5. The van der Waals surface area contributed by atoms with Gasteiger partial charge in [-0.25, -0.2) is 4.79 Å². The number of benzene rings is 2. The van der Waals surface area contributed by atoms with Gasteiger partial charge in [-0.05, 0) is 49.8 Å². The zero-order chi connectivity index (χ0) is 19.8. The fourth-order valence-corrected chi connectivity index (χ4v) is 3.35. The third-order valence-corrected chi connectivity index (χ3v) is 4.79. The lowest BCUT2D eigenvalue weighted by Crippen LogP contribution is -2.24. The second-order valence-electron chi connectivity index (χ2n) is 6.60. The van der Waals surface area contributed by atoms with Crippen LogP contribution < -0.4 is 14.4 Å². The number of amides is 1. The molecule has 0 atom stereocenters. The number of allylic oxidation sites excluding steroid dienone is 1. The molecule has 0 radical (unpaired) electrons. The van der Waals surface area contributed by atoms with Crippen molar-refractivity contribution >= 4 is 23.6 Å². The molecule has 0 unspecified atom stereocenters. The zero-order valence-electron chi connectivity index (χ0n) is 15.8. The average molecular weight is 377 g/mol. The maximum absolute atomic E-state index is 13.2. The lowest BCUT2D eigenvalue weighted by atomic mass is 10.0. The van der Waals surface area contributed by atoms with E-state index in [0.717, 1.165) is 11.1 Å². The SMILES string of the molecule is COC(=O)C1=C(C)N(c2ccc(C)cc2)C(=O)/C1=C/c1ccc2c(c1)OCO2. The van der Waals surface area contributed by atoms with Crippen LogP contribution >= 0.6 is 0 Å². The lowest BCUT2D eigenvalue weighted by Gasteiger charge is -2.18. The van der Waals surface area contributed by atoms with Gasteiger partial charge in [-0.1, -0.05) is 23.8 Å². The largest absolute Gasteiger partial charge is 0.465 e. The van der Waals surface area contributed by atoms with E-state index in [-0.39, 0.29) is 23.8 Å². The Kier molecular flexibility index (Phi) is 4.39. The van der Waals surface area contributed by atoms with E-state index in [1.807, 2.05) is 37.3 Å². The van der Waals surface area contributed by atoms with E-state index < -0.39 is 5.97 Å². The number of carbonyl (C=O) groups is 2. The summed E-state index contributed by atoms with van der Waals surface area (Å²) in [5.41, 5.74) is 3.58. The van der Waals surface area contributed by atoms with E-state index >= 15 is 0 Å². The quantitative estimate of drug-likeness (QED) is 0.604. The van der Waals surface area contributed by atoms with Crippen molar-refractivity contribution in [2.45, 2.75) is 13.8 Å². The third-order valence-electron chi connectivity index (χ3n) is 4.79. The highest BCUT2D eigenvalue weighted by atomic mass is 16.7. The van der Waals surface area contributed by atoms with Gasteiger partial charge >= 0.3 is 5.97 Å². The van der Waals surface area contributed by atoms with Gasteiger partial charge < -0.3 is 14.2 Å². The Morgan fingerprint density at radius 2 is 1.79 bits per heavy atom. The molecule has 142 valence electrons. The topological polar surface area (TPSA) is 65.1 Å². The van der Waals surface area contributed by atoms with Gasteiger partial charge in [0.2, 0.25) is 6.79 Å². The fourth-order valence-electron chi connectivity index (χ4n) is 3.35. The second-order valence-corrected chi connectivity index (χ2v) is 6.60. The summed E-state index contributed by atoms with van der Waals surface area (Å²) >= 11 is 0. The number of carbonyl (C=O) groups excluding carboxylic acids is 2. The zero-order valence-corrected chi connectivity index (χ0v) is 15.8. The number of esters is 1. The van der Waals surface area contributed by atoms with Crippen LogP contribution in [-0.2, 0) is 14.3 Å². The van der Waals surface area contributed by atoms with Crippen LogP contribution in [0.1, 0.15) is 18.1 Å². The predicted molar refractivity (Wildman–Crippen MR) is 104 cm³/mol. The fraction of sp³-hybridized carbons (Fsp3) is 0.182. The molecule has 2 aromatic carbocycles. The first-order valence-electron chi connectivity index (χ1n) is 8.81. The van der Waals surface area contributed by atoms with Crippen molar-refractivity contribution < 1.29 is 23.8 Å². The molecule has 28 heavy (non-hydrogen) atoms. The van der Waals surface area contributed by atoms with Crippen molar-refractivity contribution in [3.8, 4) is 11.5 Å². The van der Waals surface area contributed by atoms with Gasteiger partial charge in [0.05, 0.1) is 18.3 Å².